The Bertz CT molecular complexity index is 6070. The summed E-state index contributed by atoms with van der Waals surface area (Å²) < 4.78 is 19.6. The van der Waals surface area contributed by atoms with Crippen molar-refractivity contribution >= 4 is 70.0 Å². The predicted octanol–water partition coefficient (Wildman–Crippen LogP) is 15.0. The second-order valence-electron chi connectivity index (χ2n) is 34.1. The summed E-state index contributed by atoms with van der Waals surface area (Å²) >= 11 is 0. The maximum atomic E-state index is 12.1. The molecular weight excluding hydrogens is 1590 g/mol. The van der Waals surface area contributed by atoms with Crippen molar-refractivity contribution in [2.75, 3.05) is 87.7 Å². The number of aromatic nitrogens is 8. The zero-order valence-corrected chi connectivity index (χ0v) is 75.2. The van der Waals surface area contributed by atoms with Crippen LogP contribution in [0, 0.1) is 73.1 Å². The number of nitrogens with one attached hydrogen (secondary N) is 4. The lowest BCUT2D eigenvalue weighted by Crippen LogP contribution is -2.50. The van der Waals surface area contributed by atoms with Crippen LogP contribution in [-0.2, 0) is 49.5 Å². The van der Waals surface area contributed by atoms with Crippen LogP contribution in [0.2, 0.25) is 0 Å². The van der Waals surface area contributed by atoms with Gasteiger partial charge in [0.15, 0.2) is 0 Å². The van der Waals surface area contributed by atoms with Crippen molar-refractivity contribution in [1.29, 1.82) is 0 Å². The van der Waals surface area contributed by atoms with E-state index in [4.69, 9.17) is 29.4 Å². The number of pyridine rings is 4. The van der Waals surface area contributed by atoms with Gasteiger partial charge in [0.2, 0.25) is 17.7 Å². The maximum Gasteiger partial charge on any atom is 0.409 e. The number of carbonyl (C=O) groups is 8. The summed E-state index contributed by atoms with van der Waals surface area (Å²) in [4.78, 5) is 123. The van der Waals surface area contributed by atoms with E-state index in [-0.39, 0.29) is 67.0 Å². The van der Waals surface area contributed by atoms with Gasteiger partial charge in [-0.05, 0) is 273 Å². The van der Waals surface area contributed by atoms with Crippen molar-refractivity contribution in [3.63, 3.8) is 0 Å². The fourth-order valence-corrected chi connectivity index (χ4v) is 17.9. The van der Waals surface area contributed by atoms with Crippen LogP contribution in [-0.4, -0.2) is 204 Å². The first kappa shape index (κ1) is 92.3. The Labute approximate surface area is 738 Å². The van der Waals surface area contributed by atoms with Crippen molar-refractivity contribution in [3.8, 4) is 45.0 Å². The molecule has 26 heteroatoms. The number of carbonyl (C=O) groups excluding carboxylic acids is 8. The molecule has 0 aliphatic carbocycles. The van der Waals surface area contributed by atoms with E-state index in [1.54, 1.807) is 53.9 Å². The van der Waals surface area contributed by atoms with Crippen LogP contribution in [0.5, 0.6) is 0 Å². The van der Waals surface area contributed by atoms with Gasteiger partial charge in [0, 0.05) is 170 Å². The summed E-state index contributed by atoms with van der Waals surface area (Å²) in [5.74, 6) is 1.39. The first-order chi connectivity index (χ1) is 59.9. The molecule has 3 atom stereocenters. The minimum absolute atomic E-state index is 0. The van der Waals surface area contributed by atoms with Crippen molar-refractivity contribution in [1.82, 2.24) is 78.4 Å². The maximum absolute atomic E-state index is 12.1. The molecular formula is C100H122N16O10. The van der Waals surface area contributed by atoms with Crippen molar-refractivity contribution in [2.24, 2.45) is 17.8 Å². The molecule has 1 unspecified atom stereocenters. The third kappa shape index (κ3) is 20.7. The molecule has 8 aromatic heterocycles. The molecule has 662 valence electrons. The average molecular weight is 1710 g/mol. The lowest BCUT2D eigenvalue weighted by Gasteiger charge is -2.37. The number of hydrogen-bond acceptors (Lipinski definition) is 14. The summed E-state index contributed by atoms with van der Waals surface area (Å²) in [7, 11) is 7.98. The van der Waals surface area contributed by atoms with E-state index in [0.717, 1.165) is 184 Å². The minimum Gasteiger partial charge on any atom is -0.453 e. The fraction of sp³-hybridized carbons (Fsp3) is 0.400. The van der Waals surface area contributed by atoms with Crippen molar-refractivity contribution in [3.05, 3.63) is 236 Å². The topological polar surface area (TPSA) is 285 Å². The number of nitrogens with zero attached hydrogens (tertiary/aromatic N) is 12. The Morgan fingerprint density at radius 1 is 0.381 bits per heavy atom. The second-order valence-corrected chi connectivity index (χ2v) is 34.1. The van der Waals surface area contributed by atoms with Crippen LogP contribution in [0.4, 0.5) is 4.79 Å². The molecule has 8 amide bonds. The van der Waals surface area contributed by atoms with Crippen molar-refractivity contribution in [2.45, 2.75) is 160 Å². The smallest absolute Gasteiger partial charge is 0.409 e. The lowest BCUT2D eigenvalue weighted by atomic mass is 9.90. The normalized spacial score (nSPS) is 16.0. The van der Waals surface area contributed by atoms with E-state index >= 15 is 0 Å². The average Bonchev–Trinajstić information content (AvgIpc) is 1.64. The molecule has 0 bridgehead atoms. The third-order valence-corrected chi connectivity index (χ3v) is 25.0. The summed E-state index contributed by atoms with van der Waals surface area (Å²) in [6.45, 7) is 29.0. The number of aryl methyl sites for hydroxylation is 8. The van der Waals surface area contributed by atoms with Gasteiger partial charge in [-0.15, -0.1) is 0 Å². The summed E-state index contributed by atoms with van der Waals surface area (Å²) in [5, 5.41) is 10.7. The van der Waals surface area contributed by atoms with Gasteiger partial charge in [0.1, 0.15) is 22.6 Å². The molecule has 4 aliphatic heterocycles. The predicted molar refractivity (Wildman–Crippen MR) is 494 cm³/mol. The molecule has 16 rings (SSSR count). The van der Waals surface area contributed by atoms with Crippen LogP contribution >= 0.6 is 0 Å². The molecule has 4 fully saturated rings. The lowest BCUT2D eigenvalue weighted by molar-refractivity contribution is -0.141. The Kier molecular flexibility index (Phi) is 29.6. The molecule has 4 saturated heterocycles. The Hall–Kier alpha value is -12.8. The van der Waals surface area contributed by atoms with Gasteiger partial charge in [0.25, 0.3) is 23.6 Å². The van der Waals surface area contributed by atoms with E-state index in [0.29, 0.717) is 72.7 Å². The highest BCUT2D eigenvalue weighted by Gasteiger charge is 2.34. The Morgan fingerprint density at radius 3 is 0.960 bits per heavy atom. The minimum atomic E-state index is -0.249. The first-order valence-corrected chi connectivity index (χ1v) is 43.4. The number of fused-ring (bicyclic) bond motifs is 4. The quantitative estimate of drug-likeness (QED) is 0.0700. The number of morpholine rings is 1. The largest absolute Gasteiger partial charge is 0.453 e. The molecule has 4 aliphatic rings. The van der Waals surface area contributed by atoms with Gasteiger partial charge in [-0.25, -0.2) is 24.7 Å². The van der Waals surface area contributed by atoms with Crippen LogP contribution in [0.25, 0.3) is 67.6 Å². The van der Waals surface area contributed by atoms with Gasteiger partial charge in [0.05, 0.1) is 71.4 Å². The third-order valence-electron chi connectivity index (χ3n) is 25.0. The summed E-state index contributed by atoms with van der Waals surface area (Å²) in [6.07, 6.45) is 16.1. The molecule has 0 spiro atoms. The van der Waals surface area contributed by atoms with Crippen LogP contribution in [0.3, 0.4) is 0 Å². The van der Waals surface area contributed by atoms with E-state index in [1.165, 1.54) is 35.2 Å². The number of rotatable bonds is 16. The van der Waals surface area contributed by atoms with Gasteiger partial charge in [-0.2, -0.15) is 0 Å². The highest BCUT2D eigenvalue weighted by atomic mass is 16.5. The number of methoxy groups -OCH3 is 1. The van der Waals surface area contributed by atoms with Crippen molar-refractivity contribution < 1.29 is 47.8 Å². The van der Waals surface area contributed by atoms with E-state index < -0.39 is 0 Å². The molecule has 26 nitrogen and oxygen atoms in total. The van der Waals surface area contributed by atoms with E-state index in [1.807, 2.05) is 135 Å². The Morgan fingerprint density at radius 2 is 0.675 bits per heavy atom. The molecule has 126 heavy (non-hydrogen) atoms. The number of ether oxygens (including phenoxy) is 2. The standard InChI is InChI=1S/2C25H30N4O3.C25H30N4O2.C24H28N4O2.CH4/c1-15-8-9-28-22(12-20-13-29(18(4)30)17(3)14-32-20)24(27-23(28)10-15)21-7-6-19(11-16(21)2)25(31)26-5;1-16-7-12-29-21(15-18-8-10-28(11-9-18)25(31)32-4)23(27-22(29)13-16)20-6-5-19(14-17(20)2)24(30)26-3;1-16-7-12-29-22(15-19-8-10-28(11-9-19)18(3)30)24(27-23(29)13-16)21-6-5-20(14-17(21)2)25(31)26-4;1-15-7-10-28-21(13-18-8-9-27(14-18)17(3)29)23(26-22(28)11-15)20-6-5-19(12-16(20)2)24(30)25-4;/h6-11,17,20H,12-14H2,1-5H3,(H,26,31);5-7,12-14,18H,8-11,15H2,1-4H3,(H,26,30);5-7,12-14,19H,8-11,15H2,1-4H3,(H,26,31);5-7,10-12,18H,8-9,13-14H2,1-4H3,(H,25,30);1H4/t17-,20-;;;;/m0..../s1. The number of imidazole rings is 4. The van der Waals surface area contributed by atoms with Crippen LogP contribution in [0.15, 0.2) is 146 Å². The summed E-state index contributed by atoms with van der Waals surface area (Å²) in [5.41, 5.74) is 27.5. The molecule has 12 aromatic rings. The first-order valence-electron chi connectivity index (χ1n) is 43.4. The van der Waals surface area contributed by atoms with E-state index in [9.17, 15) is 38.4 Å². The second kappa shape index (κ2) is 40.4. The number of benzene rings is 4. The highest BCUT2D eigenvalue weighted by molar-refractivity contribution is 5.97. The number of piperidine rings is 2. The molecule has 12 heterocycles. The molecule has 0 radical (unpaired) electrons. The SMILES string of the molecule is C.CNC(=O)c1ccc(-c2nc3cc(C)ccn3c2CC2CCN(C(=O)OC)CC2)c(C)c1.CNC(=O)c1ccc(-c2nc3cc(C)ccn3c2CC2CCN(C(C)=O)C2)c(C)c1.CNC(=O)c1ccc(-c2nc3cc(C)ccn3c2CC2CCN(C(C)=O)CC2)c(C)c1.CNC(=O)c1ccc(-c2nc3cc(C)ccn3c2C[C@H]2CN(C(C)=O)[C@@H](C)CO2)c(C)c1. The van der Waals surface area contributed by atoms with Crippen LogP contribution < -0.4 is 21.3 Å². The van der Waals surface area contributed by atoms with Gasteiger partial charge < -0.3 is 67.9 Å². The highest BCUT2D eigenvalue weighted by Crippen LogP contribution is 2.38. The molecule has 4 N–H and O–H groups in total. The molecule has 4 aromatic carbocycles. The summed E-state index contributed by atoms with van der Waals surface area (Å²) in [6, 6.07) is 39.8. The monoisotopic (exact) mass is 1710 g/mol. The number of hydrogen-bond donors (Lipinski definition) is 4. The van der Waals surface area contributed by atoms with Gasteiger partial charge in [-0.3, -0.25) is 33.6 Å². The molecule has 0 saturated carbocycles. The van der Waals surface area contributed by atoms with Gasteiger partial charge in [-0.1, -0.05) is 31.7 Å². The Balaban J connectivity index is 0.000000152. The zero-order chi connectivity index (χ0) is 89.4. The van der Waals surface area contributed by atoms with E-state index in [2.05, 4.69) is 127 Å². The van der Waals surface area contributed by atoms with Crippen LogP contribution in [0.1, 0.15) is 176 Å². The van der Waals surface area contributed by atoms with Gasteiger partial charge >= 0.3 is 6.09 Å². The fourth-order valence-electron chi connectivity index (χ4n) is 17.9. The zero-order valence-electron chi connectivity index (χ0n) is 75.2. The number of amides is 8. The number of likely N-dealkylation sites (tertiary alicyclic amines) is 3.